The molecule has 0 spiro atoms. The van der Waals surface area contributed by atoms with Crippen molar-refractivity contribution in [2.75, 3.05) is 13.1 Å². The third-order valence-electron chi connectivity index (χ3n) is 3.27. The van der Waals surface area contributed by atoms with Gasteiger partial charge in [0, 0.05) is 12.6 Å². The SMILES string of the molecule is O=C(CCC1CCNCC1)NCc1ccn[nH]1. The normalized spacial score (nSPS) is 16.9. The minimum Gasteiger partial charge on any atom is -0.350 e. The van der Waals surface area contributed by atoms with Crippen molar-refractivity contribution in [3.8, 4) is 0 Å². The summed E-state index contributed by atoms with van der Waals surface area (Å²) in [7, 11) is 0. The molecular weight excluding hydrogens is 216 g/mol. The van der Waals surface area contributed by atoms with Crippen LogP contribution >= 0.6 is 0 Å². The van der Waals surface area contributed by atoms with Gasteiger partial charge in [0.05, 0.1) is 12.2 Å². The smallest absolute Gasteiger partial charge is 0.220 e. The lowest BCUT2D eigenvalue weighted by molar-refractivity contribution is -0.121. The zero-order valence-corrected chi connectivity index (χ0v) is 10.0. The first kappa shape index (κ1) is 12.1. The van der Waals surface area contributed by atoms with Crippen LogP contribution in [0.1, 0.15) is 31.4 Å². The Morgan fingerprint density at radius 3 is 3.00 bits per heavy atom. The Morgan fingerprint density at radius 2 is 2.29 bits per heavy atom. The Bertz CT molecular complexity index is 330. The van der Waals surface area contributed by atoms with Gasteiger partial charge < -0.3 is 10.6 Å². The van der Waals surface area contributed by atoms with Crippen molar-refractivity contribution in [3.05, 3.63) is 18.0 Å². The molecule has 0 unspecified atom stereocenters. The number of piperidine rings is 1. The molecule has 1 saturated heterocycles. The molecule has 2 heterocycles. The van der Waals surface area contributed by atoms with Crippen molar-refractivity contribution < 1.29 is 4.79 Å². The summed E-state index contributed by atoms with van der Waals surface area (Å²) in [6.07, 6.45) is 5.74. The summed E-state index contributed by atoms with van der Waals surface area (Å²) in [5.41, 5.74) is 0.945. The van der Waals surface area contributed by atoms with Gasteiger partial charge in [-0.25, -0.2) is 0 Å². The summed E-state index contributed by atoms with van der Waals surface area (Å²) >= 11 is 0. The van der Waals surface area contributed by atoms with E-state index in [0.29, 0.717) is 18.9 Å². The molecule has 0 saturated carbocycles. The molecule has 3 N–H and O–H groups in total. The fourth-order valence-electron chi connectivity index (χ4n) is 2.17. The Labute approximate surface area is 101 Å². The number of nitrogens with one attached hydrogen (secondary N) is 3. The van der Waals surface area contributed by atoms with Gasteiger partial charge in [0.15, 0.2) is 0 Å². The molecule has 1 amide bonds. The fraction of sp³-hybridized carbons (Fsp3) is 0.667. The van der Waals surface area contributed by atoms with Crippen LogP contribution in [0.5, 0.6) is 0 Å². The highest BCUT2D eigenvalue weighted by Crippen LogP contribution is 2.17. The minimum absolute atomic E-state index is 0.137. The molecule has 0 radical (unpaired) electrons. The van der Waals surface area contributed by atoms with Crippen LogP contribution < -0.4 is 10.6 Å². The lowest BCUT2D eigenvalue weighted by atomic mass is 9.93. The summed E-state index contributed by atoms with van der Waals surface area (Å²) < 4.78 is 0. The minimum atomic E-state index is 0.137. The van der Waals surface area contributed by atoms with Crippen LogP contribution in [0.3, 0.4) is 0 Å². The third kappa shape index (κ3) is 4.19. The summed E-state index contributed by atoms with van der Waals surface area (Å²) in [5.74, 6) is 0.854. The van der Waals surface area contributed by atoms with Crippen LogP contribution in [-0.2, 0) is 11.3 Å². The van der Waals surface area contributed by atoms with E-state index in [-0.39, 0.29) is 5.91 Å². The predicted molar refractivity (Wildman–Crippen MR) is 65.3 cm³/mol. The second-order valence-electron chi connectivity index (χ2n) is 4.59. The second kappa shape index (κ2) is 6.39. The Kier molecular flexibility index (Phi) is 4.55. The third-order valence-corrected chi connectivity index (χ3v) is 3.27. The number of H-pyrrole nitrogens is 1. The molecule has 1 fully saturated rings. The molecular formula is C12H20N4O. The van der Waals surface area contributed by atoms with Gasteiger partial charge in [0.25, 0.3) is 0 Å². The van der Waals surface area contributed by atoms with E-state index in [9.17, 15) is 4.79 Å². The van der Waals surface area contributed by atoms with Crippen LogP contribution in [0.4, 0.5) is 0 Å². The van der Waals surface area contributed by atoms with Gasteiger partial charge in [-0.15, -0.1) is 0 Å². The largest absolute Gasteiger partial charge is 0.350 e. The lowest BCUT2D eigenvalue weighted by Gasteiger charge is -2.22. The molecule has 0 aliphatic carbocycles. The molecule has 17 heavy (non-hydrogen) atoms. The predicted octanol–water partition coefficient (Wildman–Crippen LogP) is 0.806. The first-order valence-corrected chi connectivity index (χ1v) is 6.30. The van der Waals surface area contributed by atoms with E-state index >= 15 is 0 Å². The van der Waals surface area contributed by atoms with Crippen molar-refractivity contribution in [1.29, 1.82) is 0 Å². The first-order valence-electron chi connectivity index (χ1n) is 6.30. The average Bonchev–Trinajstić information content (AvgIpc) is 2.88. The van der Waals surface area contributed by atoms with Crippen LogP contribution in [0.2, 0.25) is 0 Å². The number of carbonyl (C=O) groups is 1. The molecule has 1 aliphatic rings. The van der Waals surface area contributed by atoms with Gasteiger partial charge in [0.2, 0.25) is 5.91 Å². The number of hydrogen-bond acceptors (Lipinski definition) is 3. The van der Waals surface area contributed by atoms with E-state index in [1.54, 1.807) is 6.20 Å². The monoisotopic (exact) mass is 236 g/mol. The van der Waals surface area contributed by atoms with Gasteiger partial charge in [0.1, 0.15) is 0 Å². The van der Waals surface area contributed by atoms with E-state index in [1.807, 2.05) is 6.07 Å². The molecule has 5 nitrogen and oxygen atoms in total. The van der Waals surface area contributed by atoms with E-state index in [1.165, 1.54) is 12.8 Å². The maximum atomic E-state index is 11.6. The molecule has 0 atom stereocenters. The van der Waals surface area contributed by atoms with Gasteiger partial charge in [-0.2, -0.15) is 5.10 Å². The number of hydrogen-bond donors (Lipinski definition) is 3. The zero-order valence-electron chi connectivity index (χ0n) is 10.0. The topological polar surface area (TPSA) is 69.8 Å². The quantitative estimate of drug-likeness (QED) is 0.708. The maximum Gasteiger partial charge on any atom is 0.220 e. The van der Waals surface area contributed by atoms with Gasteiger partial charge in [-0.05, 0) is 44.3 Å². The summed E-state index contributed by atoms with van der Waals surface area (Å²) in [6.45, 7) is 2.74. The molecule has 1 aromatic rings. The number of nitrogens with zero attached hydrogens (tertiary/aromatic N) is 1. The maximum absolute atomic E-state index is 11.6. The van der Waals surface area contributed by atoms with Crippen molar-refractivity contribution in [1.82, 2.24) is 20.8 Å². The van der Waals surface area contributed by atoms with Crippen LogP contribution in [0, 0.1) is 5.92 Å². The lowest BCUT2D eigenvalue weighted by Crippen LogP contribution is -2.29. The van der Waals surface area contributed by atoms with Crippen molar-refractivity contribution in [2.45, 2.75) is 32.2 Å². The van der Waals surface area contributed by atoms with Crippen LogP contribution in [-0.4, -0.2) is 29.2 Å². The molecule has 1 aliphatic heterocycles. The number of aromatic amines is 1. The average molecular weight is 236 g/mol. The molecule has 0 bridgehead atoms. The second-order valence-corrected chi connectivity index (χ2v) is 4.59. The van der Waals surface area contributed by atoms with Crippen molar-refractivity contribution in [2.24, 2.45) is 5.92 Å². The van der Waals surface area contributed by atoms with Gasteiger partial charge in [-0.3, -0.25) is 9.89 Å². The van der Waals surface area contributed by atoms with E-state index in [0.717, 1.165) is 25.2 Å². The summed E-state index contributed by atoms with van der Waals surface area (Å²) in [4.78, 5) is 11.6. The van der Waals surface area contributed by atoms with E-state index in [4.69, 9.17) is 0 Å². The van der Waals surface area contributed by atoms with E-state index in [2.05, 4.69) is 20.8 Å². The van der Waals surface area contributed by atoms with Gasteiger partial charge >= 0.3 is 0 Å². The van der Waals surface area contributed by atoms with Crippen molar-refractivity contribution >= 4 is 5.91 Å². The fourth-order valence-corrected chi connectivity index (χ4v) is 2.17. The molecule has 5 heteroatoms. The number of rotatable bonds is 5. The molecule has 2 rings (SSSR count). The summed E-state index contributed by atoms with van der Waals surface area (Å²) in [6, 6.07) is 1.87. The molecule has 94 valence electrons. The number of amides is 1. The first-order chi connectivity index (χ1) is 8.34. The van der Waals surface area contributed by atoms with Crippen LogP contribution in [0.15, 0.2) is 12.3 Å². The molecule has 0 aromatic carbocycles. The highest BCUT2D eigenvalue weighted by atomic mass is 16.1. The highest BCUT2D eigenvalue weighted by molar-refractivity contribution is 5.75. The van der Waals surface area contributed by atoms with Gasteiger partial charge in [-0.1, -0.05) is 0 Å². The zero-order chi connectivity index (χ0) is 11.9. The Hall–Kier alpha value is -1.36. The number of carbonyl (C=O) groups excluding carboxylic acids is 1. The Morgan fingerprint density at radius 1 is 1.47 bits per heavy atom. The summed E-state index contributed by atoms with van der Waals surface area (Å²) in [5, 5.41) is 12.9. The van der Waals surface area contributed by atoms with Crippen molar-refractivity contribution in [3.63, 3.8) is 0 Å². The Balaban J connectivity index is 1.60. The standard InChI is InChI=1S/C12H20N4O/c17-12(14-9-11-5-8-15-16-11)2-1-10-3-6-13-7-4-10/h5,8,10,13H,1-4,6-7,9H2,(H,14,17)(H,15,16). The molecule has 1 aromatic heterocycles. The van der Waals surface area contributed by atoms with Crippen LogP contribution in [0.25, 0.3) is 0 Å². The highest BCUT2D eigenvalue weighted by Gasteiger charge is 2.14. The number of aromatic nitrogens is 2. The van der Waals surface area contributed by atoms with E-state index < -0.39 is 0 Å².